The van der Waals surface area contributed by atoms with Crippen LogP contribution in [-0.4, -0.2) is 22.6 Å². The SMILES string of the molecule is CC1=NN(c2ccccc2)C(=O)[C@@H]1N=Nc1ccc([N+](=O)[O-])cc1. The van der Waals surface area contributed by atoms with Crippen LogP contribution < -0.4 is 5.01 Å². The lowest BCUT2D eigenvalue weighted by atomic mass is 10.2. The molecule has 2 aromatic carbocycles. The number of carbonyl (C=O) groups is 1. The molecule has 0 aliphatic carbocycles. The number of nitro groups is 1. The second-order valence-electron chi connectivity index (χ2n) is 5.12. The molecule has 1 atom stereocenters. The fraction of sp³-hybridized carbons (Fsp3) is 0.125. The molecule has 0 bridgehead atoms. The molecule has 1 amide bonds. The van der Waals surface area contributed by atoms with Crippen molar-refractivity contribution in [3.8, 4) is 0 Å². The molecule has 24 heavy (non-hydrogen) atoms. The number of hydrogen-bond donors (Lipinski definition) is 0. The summed E-state index contributed by atoms with van der Waals surface area (Å²) in [5, 5.41) is 24.2. The molecular formula is C16H13N5O3. The minimum absolute atomic E-state index is 0.0288. The maximum atomic E-state index is 12.4. The van der Waals surface area contributed by atoms with Crippen molar-refractivity contribution in [3.63, 3.8) is 0 Å². The summed E-state index contributed by atoms with van der Waals surface area (Å²) in [6, 6.07) is 13.9. The summed E-state index contributed by atoms with van der Waals surface area (Å²) in [4.78, 5) is 22.6. The van der Waals surface area contributed by atoms with Gasteiger partial charge >= 0.3 is 0 Å². The topological polar surface area (TPSA) is 101 Å². The number of anilines is 1. The van der Waals surface area contributed by atoms with Crippen LogP contribution in [0.1, 0.15) is 6.92 Å². The van der Waals surface area contributed by atoms with E-state index in [1.165, 1.54) is 29.3 Å². The average Bonchev–Trinajstić information content (AvgIpc) is 2.88. The van der Waals surface area contributed by atoms with E-state index in [0.29, 0.717) is 17.1 Å². The van der Waals surface area contributed by atoms with E-state index < -0.39 is 11.0 Å². The van der Waals surface area contributed by atoms with Crippen molar-refractivity contribution in [3.05, 3.63) is 64.7 Å². The molecule has 0 fully saturated rings. The molecule has 8 heteroatoms. The number of amides is 1. The molecule has 120 valence electrons. The zero-order chi connectivity index (χ0) is 17.1. The molecule has 0 saturated carbocycles. The predicted octanol–water partition coefficient (Wildman–Crippen LogP) is 3.47. The largest absolute Gasteiger partial charge is 0.280 e. The quantitative estimate of drug-likeness (QED) is 0.489. The van der Waals surface area contributed by atoms with Crippen molar-refractivity contribution >= 4 is 28.7 Å². The highest BCUT2D eigenvalue weighted by molar-refractivity contribution is 6.18. The van der Waals surface area contributed by atoms with Gasteiger partial charge in [-0.15, -0.1) is 0 Å². The van der Waals surface area contributed by atoms with Crippen molar-refractivity contribution in [2.45, 2.75) is 13.0 Å². The molecule has 1 aliphatic heterocycles. The third-order valence-electron chi connectivity index (χ3n) is 3.45. The maximum Gasteiger partial charge on any atom is 0.280 e. The second-order valence-corrected chi connectivity index (χ2v) is 5.12. The van der Waals surface area contributed by atoms with Crippen molar-refractivity contribution < 1.29 is 9.72 Å². The maximum absolute atomic E-state index is 12.4. The van der Waals surface area contributed by atoms with Gasteiger partial charge < -0.3 is 0 Å². The van der Waals surface area contributed by atoms with Gasteiger partial charge in [0.1, 0.15) is 0 Å². The zero-order valence-electron chi connectivity index (χ0n) is 12.7. The number of nitrogens with zero attached hydrogens (tertiary/aromatic N) is 5. The summed E-state index contributed by atoms with van der Waals surface area (Å²) in [6.45, 7) is 1.71. The Morgan fingerprint density at radius 3 is 2.42 bits per heavy atom. The Labute approximate surface area is 137 Å². The van der Waals surface area contributed by atoms with Gasteiger partial charge in [-0.25, -0.2) is 0 Å². The summed E-state index contributed by atoms with van der Waals surface area (Å²) >= 11 is 0. The fourth-order valence-electron chi connectivity index (χ4n) is 2.21. The van der Waals surface area contributed by atoms with Crippen LogP contribution in [0.3, 0.4) is 0 Å². The Hall–Kier alpha value is -3.42. The van der Waals surface area contributed by atoms with E-state index in [4.69, 9.17) is 0 Å². The molecule has 2 aromatic rings. The number of hydrogen-bond acceptors (Lipinski definition) is 6. The van der Waals surface area contributed by atoms with Crippen LogP contribution in [0.15, 0.2) is 69.9 Å². The monoisotopic (exact) mass is 323 g/mol. The molecule has 0 radical (unpaired) electrons. The lowest BCUT2D eigenvalue weighted by Gasteiger charge is -2.11. The van der Waals surface area contributed by atoms with Crippen LogP contribution in [0, 0.1) is 10.1 Å². The molecule has 0 N–H and O–H groups in total. The highest BCUT2D eigenvalue weighted by Crippen LogP contribution is 2.23. The zero-order valence-corrected chi connectivity index (χ0v) is 12.7. The molecular weight excluding hydrogens is 310 g/mol. The molecule has 8 nitrogen and oxygen atoms in total. The molecule has 1 heterocycles. The summed E-state index contributed by atoms with van der Waals surface area (Å²) in [5.74, 6) is -0.288. The third-order valence-corrected chi connectivity index (χ3v) is 3.45. The summed E-state index contributed by atoms with van der Waals surface area (Å²) < 4.78 is 0. The van der Waals surface area contributed by atoms with Crippen LogP contribution in [0.25, 0.3) is 0 Å². The smallest absolute Gasteiger partial charge is 0.269 e. The number of rotatable bonds is 4. The van der Waals surface area contributed by atoms with Crippen LogP contribution in [-0.2, 0) is 4.79 Å². The number of para-hydroxylation sites is 1. The van der Waals surface area contributed by atoms with Gasteiger partial charge in [0, 0.05) is 12.1 Å². The number of benzene rings is 2. The van der Waals surface area contributed by atoms with Crippen molar-refractivity contribution in [1.82, 2.24) is 0 Å². The average molecular weight is 323 g/mol. The Balaban J connectivity index is 1.77. The van der Waals surface area contributed by atoms with Crippen LogP contribution in [0.2, 0.25) is 0 Å². The van der Waals surface area contributed by atoms with Gasteiger partial charge in [0.2, 0.25) is 0 Å². The van der Waals surface area contributed by atoms with Crippen LogP contribution >= 0.6 is 0 Å². The van der Waals surface area contributed by atoms with E-state index in [1.807, 2.05) is 18.2 Å². The second kappa shape index (κ2) is 6.37. The Morgan fingerprint density at radius 1 is 1.12 bits per heavy atom. The molecule has 0 aromatic heterocycles. The van der Waals surface area contributed by atoms with E-state index in [-0.39, 0.29) is 11.6 Å². The number of nitro benzene ring substituents is 1. The first-order chi connectivity index (χ1) is 11.6. The Bertz CT molecular complexity index is 831. The van der Waals surface area contributed by atoms with Gasteiger partial charge in [0.25, 0.3) is 11.6 Å². The number of carbonyl (C=O) groups excluding carboxylic acids is 1. The van der Waals surface area contributed by atoms with E-state index in [2.05, 4.69) is 15.3 Å². The fourth-order valence-corrected chi connectivity index (χ4v) is 2.21. The number of azo groups is 1. The Morgan fingerprint density at radius 2 is 1.79 bits per heavy atom. The lowest BCUT2D eigenvalue weighted by molar-refractivity contribution is -0.384. The third kappa shape index (κ3) is 3.02. The van der Waals surface area contributed by atoms with Crippen LogP contribution in [0.4, 0.5) is 17.1 Å². The minimum Gasteiger partial charge on any atom is -0.269 e. The number of hydrazone groups is 1. The van der Waals surface area contributed by atoms with Crippen molar-refractivity contribution in [2.75, 3.05) is 5.01 Å². The van der Waals surface area contributed by atoms with Gasteiger partial charge in [0.15, 0.2) is 6.04 Å². The predicted molar refractivity (Wildman–Crippen MR) is 88.4 cm³/mol. The van der Waals surface area contributed by atoms with Gasteiger partial charge in [-0.1, -0.05) is 18.2 Å². The highest BCUT2D eigenvalue weighted by Gasteiger charge is 2.34. The lowest BCUT2D eigenvalue weighted by Crippen LogP contribution is -2.29. The molecule has 0 spiro atoms. The van der Waals surface area contributed by atoms with Gasteiger partial charge in [0.05, 0.1) is 22.0 Å². The van der Waals surface area contributed by atoms with E-state index in [0.717, 1.165) is 0 Å². The van der Waals surface area contributed by atoms with Gasteiger partial charge in [-0.2, -0.15) is 20.3 Å². The standard InChI is InChI=1S/C16H13N5O3/c1-11-15(16(22)20(19-11)13-5-3-2-4-6-13)18-17-12-7-9-14(10-8-12)21(23)24/h2-10,15H,1H3/t15-/m1/s1. The highest BCUT2D eigenvalue weighted by atomic mass is 16.6. The van der Waals surface area contributed by atoms with Crippen LogP contribution in [0.5, 0.6) is 0 Å². The molecule has 0 saturated heterocycles. The number of non-ortho nitro benzene ring substituents is 1. The first-order valence-corrected chi connectivity index (χ1v) is 7.15. The summed E-state index contributed by atoms with van der Waals surface area (Å²) in [5.41, 5.74) is 1.60. The minimum atomic E-state index is -0.791. The molecule has 3 rings (SSSR count). The first kappa shape index (κ1) is 15.5. The molecule has 1 aliphatic rings. The van der Waals surface area contributed by atoms with E-state index in [1.54, 1.807) is 19.1 Å². The normalized spacial score (nSPS) is 17.4. The molecule has 0 unspecified atom stereocenters. The van der Waals surface area contributed by atoms with E-state index >= 15 is 0 Å². The van der Waals surface area contributed by atoms with Crippen molar-refractivity contribution in [2.24, 2.45) is 15.3 Å². The Kier molecular flexibility index (Phi) is 4.11. The van der Waals surface area contributed by atoms with Crippen molar-refractivity contribution in [1.29, 1.82) is 0 Å². The van der Waals surface area contributed by atoms with Gasteiger partial charge in [-0.05, 0) is 31.2 Å². The van der Waals surface area contributed by atoms with Gasteiger partial charge in [-0.3, -0.25) is 14.9 Å². The summed E-state index contributed by atoms with van der Waals surface area (Å²) in [6.07, 6.45) is 0. The first-order valence-electron chi connectivity index (χ1n) is 7.15. The summed E-state index contributed by atoms with van der Waals surface area (Å²) in [7, 11) is 0. The van der Waals surface area contributed by atoms with E-state index in [9.17, 15) is 14.9 Å².